The SMILES string of the molecule is O=C(Nc1cc(N2CCCS2(=O)=O)ccc1O)c1ccccc1Cl. The van der Waals surface area contributed by atoms with E-state index >= 15 is 0 Å². The second-order valence-electron chi connectivity index (χ2n) is 5.38. The van der Waals surface area contributed by atoms with E-state index in [-0.39, 0.29) is 27.8 Å². The Morgan fingerprint density at radius 1 is 1.21 bits per heavy atom. The van der Waals surface area contributed by atoms with Gasteiger partial charge in [0, 0.05) is 6.54 Å². The minimum absolute atomic E-state index is 0.0925. The Morgan fingerprint density at radius 2 is 1.96 bits per heavy atom. The summed E-state index contributed by atoms with van der Waals surface area (Å²) in [5, 5.41) is 12.8. The number of phenolic OH excluding ortho intramolecular Hbond substituents is 1. The van der Waals surface area contributed by atoms with Crippen LogP contribution in [0.4, 0.5) is 11.4 Å². The van der Waals surface area contributed by atoms with Gasteiger partial charge in [-0.2, -0.15) is 0 Å². The predicted octanol–water partition coefficient (Wildman–Crippen LogP) is 2.84. The lowest BCUT2D eigenvalue weighted by Crippen LogP contribution is -2.25. The average molecular weight is 367 g/mol. The van der Waals surface area contributed by atoms with Crippen molar-refractivity contribution in [3.63, 3.8) is 0 Å². The molecule has 1 aliphatic rings. The smallest absolute Gasteiger partial charge is 0.257 e. The molecule has 2 aromatic rings. The van der Waals surface area contributed by atoms with Crippen molar-refractivity contribution >= 4 is 38.9 Å². The van der Waals surface area contributed by atoms with Crippen LogP contribution in [-0.2, 0) is 10.0 Å². The van der Waals surface area contributed by atoms with Crippen molar-refractivity contribution in [2.45, 2.75) is 6.42 Å². The number of halogens is 1. The number of anilines is 2. The molecule has 3 rings (SSSR count). The average Bonchev–Trinajstić information content (AvgIpc) is 2.89. The highest BCUT2D eigenvalue weighted by Gasteiger charge is 2.29. The number of rotatable bonds is 3. The third kappa shape index (κ3) is 3.18. The highest BCUT2D eigenvalue weighted by molar-refractivity contribution is 7.93. The molecule has 6 nitrogen and oxygen atoms in total. The Kier molecular flexibility index (Phi) is 4.38. The fourth-order valence-electron chi connectivity index (χ4n) is 2.54. The quantitative estimate of drug-likeness (QED) is 0.818. The molecule has 0 unspecified atom stereocenters. The largest absolute Gasteiger partial charge is 0.506 e. The number of hydrogen-bond acceptors (Lipinski definition) is 4. The van der Waals surface area contributed by atoms with Crippen LogP contribution < -0.4 is 9.62 Å². The minimum Gasteiger partial charge on any atom is -0.506 e. The molecule has 2 N–H and O–H groups in total. The molecular formula is C16H15ClN2O4S. The number of benzene rings is 2. The number of carbonyl (C=O) groups is 1. The van der Waals surface area contributed by atoms with Crippen LogP contribution in [0.1, 0.15) is 16.8 Å². The second kappa shape index (κ2) is 6.33. The molecular weight excluding hydrogens is 352 g/mol. The Morgan fingerprint density at radius 3 is 2.62 bits per heavy atom. The van der Waals surface area contributed by atoms with Gasteiger partial charge in [0.1, 0.15) is 5.75 Å². The van der Waals surface area contributed by atoms with Gasteiger partial charge in [-0.1, -0.05) is 23.7 Å². The van der Waals surface area contributed by atoms with Crippen LogP contribution in [-0.4, -0.2) is 31.7 Å². The molecule has 0 aliphatic carbocycles. The van der Waals surface area contributed by atoms with Crippen molar-refractivity contribution in [3.8, 4) is 5.75 Å². The molecule has 0 spiro atoms. The van der Waals surface area contributed by atoms with Crippen LogP contribution in [0.25, 0.3) is 0 Å². The molecule has 0 bridgehead atoms. The summed E-state index contributed by atoms with van der Waals surface area (Å²) in [4.78, 5) is 12.3. The summed E-state index contributed by atoms with van der Waals surface area (Å²) in [6.45, 7) is 0.380. The number of nitrogens with zero attached hydrogens (tertiary/aromatic N) is 1. The Hall–Kier alpha value is -2.25. The molecule has 2 aromatic carbocycles. The molecule has 1 amide bonds. The minimum atomic E-state index is -3.34. The zero-order chi connectivity index (χ0) is 17.3. The number of phenols is 1. The summed E-state index contributed by atoms with van der Waals surface area (Å²) >= 11 is 5.99. The van der Waals surface area contributed by atoms with E-state index in [1.165, 1.54) is 22.5 Å². The number of aromatic hydroxyl groups is 1. The van der Waals surface area contributed by atoms with Crippen molar-refractivity contribution in [3.05, 3.63) is 53.1 Å². The maximum absolute atomic E-state index is 12.3. The highest BCUT2D eigenvalue weighted by Crippen LogP contribution is 2.32. The Balaban J connectivity index is 1.90. The predicted molar refractivity (Wildman–Crippen MR) is 93.3 cm³/mol. The lowest BCUT2D eigenvalue weighted by atomic mass is 10.2. The fraction of sp³-hybridized carbons (Fsp3) is 0.188. The van der Waals surface area contributed by atoms with E-state index in [9.17, 15) is 18.3 Å². The lowest BCUT2D eigenvalue weighted by Gasteiger charge is -2.18. The second-order valence-corrected chi connectivity index (χ2v) is 7.80. The summed E-state index contributed by atoms with van der Waals surface area (Å²) < 4.78 is 25.3. The number of carbonyl (C=O) groups excluding carboxylic acids is 1. The van der Waals surface area contributed by atoms with Crippen molar-refractivity contribution < 1.29 is 18.3 Å². The van der Waals surface area contributed by atoms with Gasteiger partial charge in [-0.05, 0) is 36.8 Å². The van der Waals surface area contributed by atoms with Crippen LogP contribution >= 0.6 is 11.6 Å². The van der Waals surface area contributed by atoms with Crippen LogP contribution in [0.15, 0.2) is 42.5 Å². The first-order valence-corrected chi connectivity index (χ1v) is 9.26. The molecule has 24 heavy (non-hydrogen) atoms. The van der Waals surface area contributed by atoms with Gasteiger partial charge in [-0.15, -0.1) is 0 Å². The molecule has 0 saturated carbocycles. The van der Waals surface area contributed by atoms with Crippen molar-refractivity contribution in [1.29, 1.82) is 0 Å². The normalized spacial score (nSPS) is 16.1. The van der Waals surface area contributed by atoms with Gasteiger partial charge in [-0.3, -0.25) is 9.10 Å². The molecule has 0 radical (unpaired) electrons. The summed E-state index contributed by atoms with van der Waals surface area (Å²) in [7, 11) is -3.34. The molecule has 1 aliphatic heterocycles. The van der Waals surface area contributed by atoms with E-state index in [1.54, 1.807) is 24.3 Å². The highest BCUT2D eigenvalue weighted by atomic mass is 35.5. The molecule has 1 saturated heterocycles. The van der Waals surface area contributed by atoms with Gasteiger partial charge in [-0.25, -0.2) is 8.42 Å². The first kappa shape index (κ1) is 16.6. The Labute approximate surface area is 144 Å². The number of amides is 1. The molecule has 0 atom stereocenters. The third-order valence-corrected chi connectivity index (χ3v) is 5.93. The number of sulfonamides is 1. The maximum Gasteiger partial charge on any atom is 0.257 e. The van der Waals surface area contributed by atoms with E-state index in [2.05, 4.69) is 5.32 Å². The summed E-state index contributed by atoms with van der Waals surface area (Å²) in [6, 6.07) is 10.8. The molecule has 0 aromatic heterocycles. The maximum atomic E-state index is 12.3. The van der Waals surface area contributed by atoms with Crippen molar-refractivity contribution in [1.82, 2.24) is 0 Å². The first-order valence-electron chi connectivity index (χ1n) is 7.28. The van der Waals surface area contributed by atoms with Crippen LogP contribution in [0, 0.1) is 0 Å². The van der Waals surface area contributed by atoms with Gasteiger partial charge < -0.3 is 10.4 Å². The van der Waals surface area contributed by atoms with E-state index in [4.69, 9.17) is 11.6 Å². The number of nitrogens with one attached hydrogen (secondary N) is 1. The van der Waals surface area contributed by atoms with Gasteiger partial charge in [0.05, 0.1) is 27.7 Å². The van der Waals surface area contributed by atoms with E-state index in [0.29, 0.717) is 18.7 Å². The Bertz CT molecular complexity index is 899. The van der Waals surface area contributed by atoms with Gasteiger partial charge in [0.15, 0.2) is 0 Å². The standard InChI is InChI=1S/C16H15ClN2O4S/c17-13-5-2-1-4-12(13)16(21)18-14-10-11(6-7-15(14)20)19-8-3-9-24(19,22)23/h1-2,4-7,10,20H,3,8-9H2,(H,18,21). The fourth-order valence-corrected chi connectivity index (χ4v) is 4.32. The van der Waals surface area contributed by atoms with E-state index in [1.807, 2.05) is 0 Å². The summed E-state index contributed by atoms with van der Waals surface area (Å²) in [6.07, 6.45) is 0.546. The van der Waals surface area contributed by atoms with Crippen LogP contribution in [0.5, 0.6) is 5.75 Å². The van der Waals surface area contributed by atoms with Gasteiger partial charge in [0.25, 0.3) is 5.91 Å². The molecule has 8 heteroatoms. The molecule has 1 fully saturated rings. The monoisotopic (exact) mass is 366 g/mol. The lowest BCUT2D eigenvalue weighted by molar-refractivity contribution is 0.102. The third-order valence-electron chi connectivity index (χ3n) is 3.73. The van der Waals surface area contributed by atoms with Crippen molar-refractivity contribution in [2.24, 2.45) is 0 Å². The molecule has 126 valence electrons. The number of hydrogen-bond donors (Lipinski definition) is 2. The first-order chi connectivity index (χ1) is 11.4. The zero-order valence-electron chi connectivity index (χ0n) is 12.6. The van der Waals surface area contributed by atoms with Crippen LogP contribution in [0.2, 0.25) is 5.02 Å². The topological polar surface area (TPSA) is 86.7 Å². The van der Waals surface area contributed by atoms with Gasteiger partial charge >= 0.3 is 0 Å². The molecule has 1 heterocycles. The van der Waals surface area contributed by atoms with E-state index in [0.717, 1.165) is 0 Å². The van der Waals surface area contributed by atoms with Gasteiger partial charge in [0.2, 0.25) is 10.0 Å². The summed E-state index contributed by atoms with van der Waals surface area (Å²) in [5.41, 5.74) is 0.789. The van der Waals surface area contributed by atoms with Crippen LogP contribution in [0.3, 0.4) is 0 Å². The summed E-state index contributed by atoms with van der Waals surface area (Å²) in [5.74, 6) is -0.553. The van der Waals surface area contributed by atoms with Crippen molar-refractivity contribution in [2.75, 3.05) is 21.9 Å². The zero-order valence-corrected chi connectivity index (χ0v) is 14.1. The van der Waals surface area contributed by atoms with E-state index < -0.39 is 15.9 Å².